The van der Waals surface area contributed by atoms with Crippen LogP contribution in [-0.4, -0.2) is 86.4 Å². The molecule has 152 valence electrons. The monoisotopic (exact) mass is 367 g/mol. The molecule has 0 aromatic rings. The minimum Gasteiger partial charge on any atom is -0.379 e. The van der Waals surface area contributed by atoms with Crippen molar-refractivity contribution in [2.75, 3.05) is 52.5 Å². The molecule has 2 heterocycles. The fraction of sp³-hybridized carbons (Fsp3) is 0.950. The summed E-state index contributed by atoms with van der Waals surface area (Å²) in [6, 6.07) is 1.47. The summed E-state index contributed by atoms with van der Waals surface area (Å²) in [6.45, 7) is 17.0. The molecular weight excluding hydrogens is 326 g/mol. The summed E-state index contributed by atoms with van der Waals surface area (Å²) in [5, 5.41) is 7.10. The molecule has 0 spiro atoms. The second-order valence-corrected chi connectivity index (χ2v) is 7.84. The van der Waals surface area contributed by atoms with E-state index in [-0.39, 0.29) is 0 Å². The highest BCUT2D eigenvalue weighted by atomic mass is 16.5. The Labute approximate surface area is 160 Å². The van der Waals surface area contributed by atoms with Gasteiger partial charge in [0.25, 0.3) is 0 Å². The van der Waals surface area contributed by atoms with Crippen LogP contribution >= 0.6 is 0 Å². The minimum absolute atomic E-state index is 0.445. The number of piperidine rings is 1. The SMILES string of the molecule is CCCCN1CCC(NC(=NCC(C)N2CCOCC2C)NCC)CC1. The Morgan fingerprint density at radius 1 is 1.23 bits per heavy atom. The summed E-state index contributed by atoms with van der Waals surface area (Å²) >= 11 is 0. The number of likely N-dealkylation sites (tertiary alicyclic amines) is 1. The molecule has 6 heteroatoms. The third kappa shape index (κ3) is 7.05. The number of hydrogen-bond acceptors (Lipinski definition) is 4. The van der Waals surface area contributed by atoms with E-state index in [1.807, 2.05) is 0 Å². The molecule has 2 saturated heterocycles. The van der Waals surface area contributed by atoms with Crippen molar-refractivity contribution in [3.8, 4) is 0 Å². The molecule has 2 rings (SSSR count). The van der Waals surface area contributed by atoms with E-state index >= 15 is 0 Å². The number of unbranched alkanes of at least 4 members (excludes halogenated alkanes) is 1. The van der Waals surface area contributed by atoms with Crippen molar-refractivity contribution in [1.82, 2.24) is 20.4 Å². The van der Waals surface area contributed by atoms with E-state index < -0.39 is 0 Å². The van der Waals surface area contributed by atoms with Gasteiger partial charge in [0.2, 0.25) is 0 Å². The number of aliphatic imine (C=N–C) groups is 1. The summed E-state index contributed by atoms with van der Waals surface area (Å²) in [5.74, 6) is 0.979. The van der Waals surface area contributed by atoms with Crippen LogP contribution in [0.25, 0.3) is 0 Å². The van der Waals surface area contributed by atoms with E-state index in [9.17, 15) is 0 Å². The average molecular weight is 368 g/mol. The molecule has 2 fully saturated rings. The number of nitrogens with one attached hydrogen (secondary N) is 2. The van der Waals surface area contributed by atoms with Crippen molar-refractivity contribution in [3.05, 3.63) is 0 Å². The second-order valence-electron chi connectivity index (χ2n) is 7.84. The van der Waals surface area contributed by atoms with Crippen LogP contribution in [0.15, 0.2) is 4.99 Å². The fourth-order valence-corrected chi connectivity index (χ4v) is 3.92. The van der Waals surface area contributed by atoms with Gasteiger partial charge < -0.3 is 20.3 Å². The van der Waals surface area contributed by atoms with E-state index in [4.69, 9.17) is 9.73 Å². The van der Waals surface area contributed by atoms with Crippen molar-refractivity contribution in [3.63, 3.8) is 0 Å². The number of morpholine rings is 1. The van der Waals surface area contributed by atoms with Crippen LogP contribution in [0.2, 0.25) is 0 Å². The zero-order valence-electron chi connectivity index (χ0n) is 17.5. The molecule has 0 aromatic heterocycles. The molecule has 0 bridgehead atoms. The summed E-state index contributed by atoms with van der Waals surface area (Å²) in [6.07, 6.45) is 5.03. The highest BCUT2D eigenvalue weighted by Crippen LogP contribution is 2.12. The maximum atomic E-state index is 5.55. The van der Waals surface area contributed by atoms with Gasteiger partial charge in [-0.3, -0.25) is 9.89 Å². The molecule has 0 aromatic carbocycles. The lowest BCUT2D eigenvalue weighted by Crippen LogP contribution is -2.51. The molecular formula is C20H41N5O. The Morgan fingerprint density at radius 2 is 2.00 bits per heavy atom. The molecule has 0 radical (unpaired) electrons. The van der Waals surface area contributed by atoms with E-state index in [2.05, 4.69) is 48.1 Å². The number of nitrogens with zero attached hydrogens (tertiary/aromatic N) is 3. The lowest BCUT2D eigenvalue weighted by Gasteiger charge is -2.37. The molecule has 2 N–H and O–H groups in total. The molecule has 2 unspecified atom stereocenters. The van der Waals surface area contributed by atoms with E-state index in [1.165, 1.54) is 45.3 Å². The van der Waals surface area contributed by atoms with Gasteiger partial charge in [-0.15, -0.1) is 0 Å². The van der Waals surface area contributed by atoms with Crippen LogP contribution in [0.4, 0.5) is 0 Å². The number of rotatable bonds is 8. The number of guanidine groups is 1. The number of ether oxygens (including phenoxy) is 1. The predicted molar refractivity (Wildman–Crippen MR) is 110 cm³/mol. The first-order valence-corrected chi connectivity index (χ1v) is 10.7. The third-order valence-electron chi connectivity index (χ3n) is 5.60. The Balaban J connectivity index is 1.79. The zero-order chi connectivity index (χ0) is 18.8. The van der Waals surface area contributed by atoms with Gasteiger partial charge in [0.05, 0.1) is 19.8 Å². The first kappa shape index (κ1) is 21.5. The largest absolute Gasteiger partial charge is 0.379 e. The Morgan fingerprint density at radius 3 is 2.65 bits per heavy atom. The topological polar surface area (TPSA) is 52.1 Å². The van der Waals surface area contributed by atoms with Gasteiger partial charge in [-0.1, -0.05) is 13.3 Å². The standard InChI is InChI=1S/C20H41N5O/c1-5-7-10-24-11-8-19(9-12-24)23-20(21-6-2)22-15-17(3)25-13-14-26-16-18(25)4/h17-19H,5-16H2,1-4H3,(H2,21,22,23). The van der Waals surface area contributed by atoms with Crippen LogP contribution in [0.1, 0.15) is 53.4 Å². The Bertz CT molecular complexity index is 409. The minimum atomic E-state index is 0.445. The molecule has 2 atom stereocenters. The van der Waals surface area contributed by atoms with Gasteiger partial charge in [-0.25, -0.2) is 0 Å². The van der Waals surface area contributed by atoms with Crippen molar-refractivity contribution >= 4 is 5.96 Å². The molecule has 2 aliphatic rings. The van der Waals surface area contributed by atoms with Gasteiger partial charge in [-0.2, -0.15) is 0 Å². The van der Waals surface area contributed by atoms with Crippen LogP contribution < -0.4 is 10.6 Å². The van der Waals surface area contributed by atoms with Crippen molar-refractivity contribution in [2.24, 2.45) is 4.99 Å². The smallest absolute Gasteiger partial charge is 0.191 e. The molecule has 0 aliphatic carbocycles. The molecule has 2 aliphatic heterocycles. The second kappa shape index (κ2) is 11.8. The average Bonchev–Trinajstić information content (AvgIpc) is 2.66. The zero-order valence-corrected chi connectivity index (χ0v) is 17.5. The predicted octanol–water partition coefficient (Wildman–Crippen LogP) is 1.92. The first-order chi connectivity index (χ1) is 12.6. The van der Waals surface area contributed by atoms with Gasteiger partial charge >= 0.3 is 0 Å². The van der Waals surface area contributed by atoms with Gasteiger partial charge in [0, 0.05) is 44.3 Å². The highest BCUT2D eigenvalue weighted by Gasteiger charge is 2.24. The third-order valence-corrected chi connectivity index (χ3v) is 5.60. The normalized spacial score (nSPS) is 25.2. The first-order valence-electron chi connectivity index (χ1n) is 10.7. The summed E-state index contributed by atoms with van der Waals surface area (Å²) in [5.41, 5.74) is 0. The van der Waals surface area contributed by atoms with Gasteiger partial charge in [0.1, 0.15) is 0 Å². The van der Waals surface area contributed by atoms with E-state index in [0.29, 0.717) is 18.1 Å². The van der Waals surface area contributed by atoms with Crippen LogP contribution in [0.3, 0.4) is 0 Å². The van der Waals surface area contributed by atoms with Crippen LogP contribution in [0, 0.1) is 0 Å². The lowest BCUT2D eigenvalue weighted by atomic mass is 10.0. The van der Waals surface area contributed by atoms with E-state index in [1.54, 1.807) is 0 Å². The van der Waals surface area contributed by atoms with Crippen molar-refractivity contribution < 1.29 is 4.74 Å². The fourth-order valence-electron chi connectivity index (χ4n) is 3.92. The molecule has 0 saturated carbocycles. The molecule has 0 amide bonds. The van der Waals surface area contributed by atoms with E-state index in [0.717, 1.165) is 38.8 Å². The molecule has 26 heavy (non-hydrogen) atoms. The van der Waals surface area contributed by atoms with Crippen molar-refractivity contribution in [1.29, 1.82) is 0 Å². The Kier molecular flexibility index (Phi) is 9.72. The number of hydrogen-bond donors (Lipinski definition) is 2. The quantitative estimate of drug-likeness (QED) is 0.507. The van der Waals surface area contributed by atoms with Crippen molar-refractivity contribution in [2.45, 2.75) is 71.5 Å². The summed E-state index contributed by atoms with van der Waals surface area (Å²) in [7, 11) is 0. The van der Waals surface area contributed by atoms with Gasteiger partial charge in [-0.05, 0) is 46.6 Å². The summed E-state index contributed by atoms with van der Waals surface area (Å²) in [4.78, 5) is 10.0. The lowest BCUT2D eigenvalue weighted by molar-refractivity contribution is -0.0165. The van der Waals surface area contributed by atoms with Gasteiger partial charge in [0.15, 0.2) is 5.96 Å². The molecule has 6 nitrogen and oxygen atoms in total. The maximum Gasteiger partial charge on any atom is 0.191 e. The Hall–Kier alpha value is -0.850. The highest BCUT2D eigenvalue weighted by molar-refractivity contribution is 5.80. The van der Waals surface area contributed by atoms with Crippen LogP contribution in [-0.2, 0) is 4.74 Å². The van der Waals surface area contributed by atoms with Crippen LogP contribution in [0.5, 0.6) is 0 Å². The summed E-state index contributed by atoms with van der Waals surface area (Å²) < 4.78 is 5.55. The maximum absolute atomic E-state index is 5.55.